The van der Waals surface area contributed by atoms with Gasteiger partial charge in [0.25, 0.3) is 11.8 Å². The maximum Gasteiger partial charge on any atom is 0.407 e. The van der Waals surface area contributed by atoms with Gasteiger partial charge in [0, 0.05) is 29.6 Å². The number of esters is 1. The molecule has 2 aliphatic heterocycles. The smallest absolute Gasteiger partial charge is 0.407 e. The Morgan fingerprint density at radius 3 is 2.49 bits per heavy atom. The van der Waals surface area contributed by atoms with Crippen molar-refractivity contribution in [2.24, 2.45) is 5.16 Å². The number of ether oxygens (including phenoxy) is 2. The second-order valence-electron chi connectivity index (χ2n) is 12.3. The van der Waals surface area contributed by atoms with Crippen LogP contribution in [0.15, 0.2) is 21.6 Å². The number of carboxylic acid groups (broad SMARTS) is 1. The van der Waals surface area contributed by atoms with Gasteiger partial charge in [0.05, 0.1) is 6.54 Å². The molecule has 0 aromatic carbocycles. The molecule has 4 rings (SSSR count). The van der Waals surface area contributed by atoms with Gasteiger partial charge >= 0.3 is 18.0 Å². The van der Waals surface area contributed by atoms with E-state index in [2.05, 4.69) is 40.7 Å². The third kappa shape index (κ3) is 10.0. The number of alkyl carbamates (subject to hydrolysis) is 1. The fourth-order valence-electron chi connectivity index (χ4n) is 4.21. The summed E-state index contributed by atoms with van der Waals surface area (Å²) in [5, 5.41) is 30.2. The lowest BCUT2D eigenvalue weighted by Crippen LogP contribution is -2.71. The Bertz CT molecular complexity index is 1660. The van der Waals surface area contributed by atoms with Crippen molar-refractivity contribution in [2.45, 2.75) is 75.9 Å². The number of tetrazole rings is 1. The summed E-state index contributed by atoms with van der Waals surface area (Å²) in [7, 11) is 0. The Labute approximate surface area is 292 Å². The van der Waals surface area contributed by atoms with E-state index in [9.17, 15) is 29.1 Å². The molecular formula is C26H35N11O9S3. The Balaban J connectivity index is 1.40. The second kappa shape index (κ2) is 15.4. The van der Waals surface area contributed by atoms with E-state index in [1.54, 1.807) is 41.5 Å². The van der Waals surface area contributed by atoms with Crippen LogP contribution < -0.4 is 16.4 Å². The van der Waals surface area contributed by atoms with Gasteiger partial charge in [0.1, 0.15) is 28.3 Å². The van der Waals surface area contributed by atoms with Gasteiger partial charge in [-0.05, 0) is 57.5 Å². The Hall–Kier alpha value is -4.51. The number of carbonyl (C=O) groups is 5. The summed E-state index contributed by atoms with van der Waals surface area (Å²) in [5.74, 6) is -3.46. The topological polar surface area (TPSA) is 268 Å². The second-order valence-corrected chi connectivity index (χ2v) is 15.1. The van der Waals surface area contributed by atoms with Crippen LogP contribution in [0.3, 0.4) is 0 Å². The lowest BCUT2D eigenvalue weighted by atomic mass is 10.0. The standard InChI is InChI=1S/C26H35N11O9S3/c1-25(2,3)45-13(38)9-44-32-14(17-30-22(27)49-33-17)18(39)29-15-19(40)37-16(21(41)42)12(10-47-20(15)37)11-48-23-31-34-35-36(23)8-7-28-24(43)46-26(4,5)6/h15,20H,7-11H2,1-6H3,(H,28,43)(H,29,39)(H,41,42)(H2,27,30,33)/t15?,20-/m0/s1. The largest absolute Gasteiger partial charge is 0.477 e. The number of amides is 3. The lowest BCUT2D eigenvalue weighted by Gasteiger charge is -2.49. The van der Waals surface area contributed by atoms with Gasteiger partial charge < -0.3 is 35.8 Å². The van der Waals surface area contributed by atoms with Crippen molar-refractivity contribution in [1.29, 1.82) is 0 Å². The Morgan fingerprint density at radius 2 is 1.86 bits per heavy atom. The number of rotatable bonds is 13. The molecule has 1 unspecified atom stereocenters. The predicted octanol–water partition coefficient (Wildman–Crippen LogP) is 0.225. The zero-order chi connectivity index (χ0) is 36.1. The molecule has 1 saturated heterocycles. The van der Waals surface area contributed by atoms with E-state index < -0.39 is 64.8 Å². The first-order valence-corrected chi connectivity index (χ1v) is 17.3. The molecular weight excluding hydrogens is 707 g/mol. The maximum atomic E-state index is 13.3. The number of oxime groups is 1. The molecule has 0 bridgehead atoms. The first-order valence-electron chi connectivity index (χ1n) is 14.5. The van der Waals surface area contributed by atoms with Crippen molar-refractivity contribution in [3.63, 3.8) is 0 Å². The van der Waals surface area contributed by atoms with Crippen LogP contribution in [0.2, 0.25) is 0 Å². The molecule has 20 nitrogen and oxygen atoms in total. The molecule has 3 amide bonds. The molecule has 4 heterocycles. The van der Waals surface area contributed by atoms with E-state index >= 15 is 0 Å². The molecule has 49 heavy (non-hydrogen) atoms. The van der Waals surface area contributed by atoms with Gasteiger partial charge in [-0.25, -0.2) is 19.1 Å². The quantitative estimate of drug-likeness (QED) is 0.0703. The SMILES string of the molecule is CC(C)(C)OC(=O)CON=C(C(=O)NC1C(=O)N2C(C(=O)O)=C(CSc3nnnn3CCNC(=O)OC(C)(C)C)CS[C@@H]12)c1nsc(N)n1. The van der Waals surface area contributed by atoms with Crippen LogP contribution >= 0.6 is 35.1 Å². The molecule has 2 aromatic heterocycles. The minimum Gasteiger partial charge on any atom is -0.477 e. The normalized spacial score (nSPS) is 18.0. The highest BCUT2D eigenvalue weighted by Crippen LogP contribution is 2.41. The van der Waals surface area contributed by atoms with Crippen molar-refractivity contribution in [2.75, 3.05) is 30.4 Å². The van der Waals surface area contributed by atoms with Gasteiger partial charge in [-0.3, -0.25) is 14.5 Å². The maximum absolute atomic E-state index is 13.3. The molecule has 2 atom stereocenters. The third-order valence-electron chi connectivity index (χ3n) is 6.03. The number of nitrogens with one attached hydrogen (secondary N) is 2. The number of fused-ring (bicyclic) bond motifs is 1. The average molecular weight is 742 g/mol. The monoisotopic (exact) mass is 741 g/mol. The van der Waals surface area contributed by atoms with E-state index in [0.29, 0.717) is 10.7 Å². The highest BCUT2D eigenvalue weighted by molar-refractivity contribution is 8.01. The van der Waals surface area contributed by atoms with E-state index in [-0.39, 0.29) is 41.2 Å². The molecule has 1 fully saturated rings. The number of hydrogen-bond donors (Lipinski definition) is 4. The van der Waals surface area contributed by atoms with Gasteiger partial charge in [-0.15, -0.1) is 16.9 Å². The van der Waals surface area contributed by atoms with E-state index in [1.165, 1.54) is 16.4 Å². The minimum atomic E-state index is -1.32. The Kier molecular flexibility index (Phi) is 11.7. The van der Waals surface area contributed by atoms with E-state index in [4.69, 9.17) is 20.0 Å². The molecule has 0 radical (unpaired) electrons. The number of β-lactam (4-membered cyclic amide) rings is 1. The van der Waals surface area contributed by atoms with Crippen molar-refractivity contribution in [3.8, 4) is 0 Å². The highest BCUT2D eigenvalue weighted by Gasteiger charge is 2.54. The summed E-state index contributed by atoms with van der Waals surface area (Å²) in [6.07, 6.45) is -0.590. The molecule has 0 saturated carbocycles. The molecule has 0 aliphatic carbocycles. The van der Waals surface area contributed by atoms with Crippen molar-refractivity contribution in [3.05, 3.63) is 17.1 Å². The zero-order valence-electron chi connectivity index (χ0n) is 27.3. The molecule has 23 heteroatoms. The average Bonchev–Trinajstić information content (AvgIpc) is 3.62. The number of anilines is 1. The molecule has 2 aliphatic rings. The number of nitrogen functional groups attached to an aromatic ring is 1. The van der Waals surface area contributed by atoms with Crippen molar-refractivity contribution >= 4 is 75.7 Å². The van der Waals surface area contributed by atoms with Crippen LogP contribution in [-0.2, 0) is 40.0 Å². The van der Waals surface area contributed by atoms with Crippen LogP contribution in [0.25, 0.3) is 0 Å². The number of carbonyl (C=O) groups excluding carboxylic acids is 4. The molecule has 266 valence electrons. The predicted molar refractivity (Wildman–Crippen MR) is 175 cm³/mol. The number of thioether (sulfide) groups is 2. The van der Waals surface area contributed by atoms with Crippen LogP contribution in [0.4, 0.5) is 9.93 Å². The van der Waals surface area contributed by atoms with Gasteiger partial charge in [-0.1, -0.05) is 16.9 Å². The van der Waals surface area contributed by atoms with Gasteiger partial charge in [-0.2, -0.15) is 9.36 Å². The molecule has 2 aromatic rings. The lowest BCUT2D eigenvalue weighted by molar-refractivity contribution is -0.160. The minimum absolute atomic E-state index is 0.0320. The third-order valence-corrected chi connectivity index (χ3v) is 8.96. The summed E-state index contributed by atoms with van der Waals surface area (Å²) in [6, 6.07) is -1.11. The van der Waals surface area contributed by atoms with Crippen LogP contribution in [-0.4, -0.2) is 122 Å². The first-order chi connectivity index (χ1) is 22.9. The summed E-state index contributed by atoms with van der Waals surface area (Å²) in [4.78, 5) is 73.0. The summed E-state index contributed by atoms with van der Waals surface area (Å²) in [6.45, 7) is 10.0. The summed E-state index contributed by atoms with van der Waals surface area (Å²) in [5.41, 5.74) is 4.03. The fourth-order valence-corrected chi connectivity index (χ4v) is 7.03. The summed E-state index contributed by atoms with van der Waals surface area (Å²) < 4.78 is 15.8. The van der Waals surface area contributed by atoms with E-state index in [1.807, 2.05) is 0 Å². The number of aliphatic carboxylic acids is 1. The van der Waals surface area contributed by atoms with Gasteiger partial charge in [0.15, 0.2) is 5.13 Å². The van der Waals surface area contributed by atoms with Crippen LogP contribution in [0.5, 0.6) is 0 Å². The number of aromatic nitrogens is 6. The highest BCUT2D eigenvalue weighted by atomic mass is 32.2. The molecule has 5 N–H and O–H groups in total. The zero-order valence-corrected chi connectivity index (χ0v) is 29.7. The van der Waals surface area contributed by atoms with E-state index in [0.717, 1.165) is 28.2 Å². The number of nitrogens with zero attached hydrogens (tertiary/aromatic N) is 8. The van der Waals surface area contributed by atoms with Crippen molar-refractivity contribution in [1.82, 2.24) is 45.1 Å². The first kappa shape index (κ1) is 37.3. The summed E-state index contributed by atoms with van der Waals surface area (Å²) >= 11 is 3.20. The van der Waals surface area contributed by atoms with Crippen LogP contribution in [0, 0.1) is 0 Å². The number of hydrogen-bond acceptors (Lipinski definition) is 18. The Morgan fingerprint density at radius 1 is 1.14 bits per heavy atom. The number of nitrogens with two attached hydrogens (primary N) is 1. The van der Waals surface area contributed by atoms with Crippen molar-refractivity contribution < 1.29 is 43.4 Å². The van der Waals surface area contributed by atoms with Gasteiger partial charge in [0.2, 0.25) is 23.3 Å². The number of carboxylic acids is 1. The molecule has 0 spiro atoms. The fraction of sp³-hybridized carbons (Fsp3) is 0.577. The van der Waals surface area contributed by atoms with Crippen LogP contribution in [0.1, 0.15) is 47.4 Å².